The molecule has 24 heavy (non-hydrogen) atoms. The average Bonchev–Trinajstić information content (AvgIpc) is 3.13. The Bertz CT molecular complexity index is 908. The normalized spacial score (nSPS) is 10.0. The fourth-order valence-corrected chi connectivity index (χ4v) is 2.12. The van der Waals surface area contributed by atoms with Crippen molar-refractivity contribution in [3.63, 3.8) is 0 Å². The number of hydrogen-bond acceptors (Lipinski definition) is 5. The number of anilines is 1. The Balaban J connectivity index is 1.76. The molecule has 118 valence electrons. The third-order valence-corrected chi connectivity index (χ3v) is 3.37. The molecule has 1 amide bonds. The van der Waals surface area contributed by atoms with Gasteiger partial charge in [0.05, 0.1) is 18.7 Å². The zero-order valence-electron chi connectivity index (χ0n) is 12.8. The maximum atomic E-state index is 12.2. The molecule has 6 heteroatoms. The van der Waals surface area contributed by atoms with E-state index in [4.69, 9.17) is 14.5 Å². The van der Waals surface area contributed by atoms with E-state index in [-0.39, 0.29) is 5.69 Å². The fraction of sp³-hybridized carbons (Fsp3) is 0.0556. The Hall–Kier alpha value is -3.59. The van der Waals surface area contributed by atoms with Gasteiger partial charge in [-0.05, 0) is 36.4 Å². The summed E-state index contributed by atoms with van der Waals surface area (Å²) in [4.78, 5) is 12.2. The molecular weight excluding hydrogens is 306 g/mol. The minimum atomic E-state index is -0.391. The van der Waals surface area contributed by atoms with Crippen molar-refractivity contribution in [2.24, 2.45) is 0 Å². The molecule has 0 aliphatic heterocycles. The molecule has 0 radical (unpaired) electrons. The predicted molar refractivity (Wildman–Crippen MR) is 87.6 cm³/mol. The van der Waals surface area contributed by atoms with Crippen molar-refractivity contribution < 1.29 is 14.1 Å². The van der Waals surface area contributed by atoms with E-state index in [9.17, 15) is 4.79 Å². The number of ether oxygens (including phenoxy) is 1. The molecule has 0 unspecified atom stereocenters. The minimum absolute atomic E-state index is 0.164. The summed E-state index contributed by atoms with van der Waals surface area (Å²) in [5.41, 5.74) is 2.02. The first kappa shape index (κ1) is 15.3. The van der Waals surface area contributed by atoms with Crippen LogP contribution in [0.2, 0.25) is 0 Å². The summed E-state index contributed by atoms with van der Waals surface area (Å²) in [5.74, 6) is 0.768. The fourth-order valence-electron chi connectivity index (χ4n) is 2.12. The Morgan fingerprint density at radius 3 is 2.71 bits per heavy atom. The quantitative estimate of drug-likeness (QED) is 0.795. The molecule has 6 nitrogen and oxygen atoms in total. The van der Waals surface area contributed by atoms with E-state index in [2.05, 4.69) is 10.5 Å². The van der Waals surface area contributed by atoms with E-state index in [1.54, 1.807) is 43.5 Å². The summed E-state index contributed by atoms with van der Waals surface area (Å²) in [6.07, 6.45) is 0. The number of amides is 1. The summed E-state index contributed by atoms with van der Waals surface area (Å²) < 4.78 is 10.4. The molecule has 0 atom stereocenters. The third kappa shape index (κ3) is 3.25. The average molecular weight is 319 g/mol. The summed E-state index contributed by atoms with van der Waals surface area (Å²) >= 11 is 0. The molecule has 3 rings (SSSR count). The molecule has 3 aromatic rings. The van der Waals surface area contributed by atoms with Crippen LogP contribution >= 0.6 is 0 Å². The van der Waals surface area contributed by atoms with Crippen LogP contribution in [0, 0.1) is 11.3 Å². The Labute approximate surface area is 138 Å². The summed E-state index contributed by atoms with van der Waals surface area (Å²) in [6, 6.07) is 17.4. The first-order chi connectivity index (χ1) is 11.7. The molecule has 0 spiro atoms. The summed E-state index contributed by atoms with van der Waals surface area (Å²) in [5, 5.41) is 15.3. The SMILES string of the molecule is COc1cccc(-c2cc(C(=O)Nc3ccc(C#N)cc3)no2)c1. The van der Waals surface area contributed by atoms with Crippen molar-refractivity contribution in [3.8, 4) is 23.1 Å². The molecule has 0 aliphatic carbocycles. The van der Waals surface area contributed by atoms with Gasteiger partial charge in [-0.2, -0.15) is 5.26 Å². The highest BCUT2D eigenvalue weighted by Gasteiger charge is 2.14. The lowest BCUT2D eigenvalue weighted by atomic mass is 10.1. The summed E-state index contributed by atoms with van der Waals surface area (Å²) in [6.45, 7) is 0. The van der Waals surface area contributed by atoms with Crippen LogP contribution in [0.25, 0.3) is 11.3 Å². The smallest absolute Gasteiger partial charge is 0.277 e. The maximum absolute atomic E-state index is 12.2. The second-order valence-electron chi connectivity index (χ2n) is 4.95. The Morgan fingerprint density at radius 2 is 2.00 bits per heavy atom. The molecule has 1 N–H and O–H groups in total. The maximum Gasteiger partial charge on any atom is 0.277 e. The van der Waals surface area contributed by atoms with Gasteiger partial charge in [0.2, 0.25) is 0 Å². The van der Waals surface area contributed by atoms with Crippen molar-refractivity contribution in [1.82, 2.24) is 5.16 Å². The number of rotatable bonds is 4. The molecule has 0 saturated carbocycles. The molecule has 1 aromatic heterocycles. The van der Waals surface area contributed by atoms with Crippen LogP contribution in [-0.2, 0) is 0 Å². The number of carbonyl (C=O) groups is 1. The molecular formula is C18H13N3O3. The van der Waals surface area contributed by atoms with E-state index in [0.717, 1.165) is 5.56 Å². The van der Waals surface area contributed by atoms with Gasteiger partial charge in [0, 0.05) is 17.3 Å². The predicted octanol–water partition coefficient (Wildman–Crippen LogP) is 3.47. The van der Waals surface area contributed by atoms with Crippen molar-refractivity contribution in [1.29, 1.82) is 5.26 Å². The van der Waals surface area contributed by atoms with E-state index in [0.29, 0.717) is 22.8 Å². The topological polar surface area (TPSA) is 88.1 Å². The number of carbonyl (C=O) groups excluding carboxylic acids is 1. The number of methoxy groups -OCH3 is 1. The lowest BCUT2D eigenvalue weighted by molar-refractivity contribution is 0.101. The van der Waals surface area contributed by atoms with Gasteiger partial charge in [-0.25, -0.2) is 0 Å². The van der Waals surface area contributed by atoms with Gasteiger partial charge in [0.25, 0.3) is 5.91 Å². The second-order valence-corrected chi connectivity index (χ2v) is 4.95. The van der Waals surface area contributed by atoms with Crippen LogP contribution in [0.1, 0.15) is 16.1 Å². The zero-order valence-corrected chi connectivity index (χ0v) is 12.8. The molecule has 0 saturated heterocycles. The van der Waals surface area contributed by atoms with Gasteiger partial charge < -0.3 is 14.6 Å². The number of hydrogen-bond donors (Lipinski definition) is 1. The number of aromatic nitrogens is 1. The van der Waals surface area contributed by atoms with Crippen LogP contribution in [0.4, 0.5) is 5.69 Å². The van der Waals surface area contributed by atoms with Crippen molar-refractivity contribution in [2.75, 3.05) is 12.4 Å². The number of nitrogens with one attached hydrogen (secondary N) is 1. The zero-order chi connectivity index (χ0) is 16.9. The Morgan fingerprint density at radius 1 is 1.21 bits per heavy atom. The van der Waals surface area contributed by atoms with Crippen molar-refractivity contribution in [2.45, 2.75) is 0 Å². The third-order valence-electron chi connectivity index (χ3n) is 3.37. The first-order valence-corrected chi connectivity index (χ1v) is 7.12. The van der Waals surface area contributed by atoms with E-state index in [1.807, 2.05) is 24.3 Å². The standard InChI is InChI=1S/C18H13N3O3/c1-23-15-4-2-3-13(9-15)17-10-16(21-24-17)18(22)20-14-7-5-12(11-19)6-8-14/h2-10H,1H3,(H,20,22). The molecule has 0 aliphatic rings. The van der Waals surface area contributed by atoms with E-state index < -0.39 is 5.91 Å². The number of nitriles is 1. The van der Waals surface area contributed by atoms with Crippen LogP contribution in [0.5, 0.6) is 5.75 Å². The number of nitrogens with zero attached hydrogens (tertiary/aromatic N) is 2. The van der Waals surface area contributed by atoms with Crippen LogP contribution in [0.3, 0.4) is 0 Å². The van der Waals surface area contributed by atoms with Gasteiger partial charge >= 0.3 is 0 Å². The van der Waals surface area contributed by atoms with E-state index >= 15 is 0 Å². The highest BCUT2D eigenvalue weighted by molar-refractivity contribution is 6.03. The highest BCUT2D eigenvalue weighted by Crippen LogP contribution is 2.24. The van der Waals surface area contributed by atoms with Crippen LogP contribution < -0.4 is 10.1 Å². The van der Waals surface area contributed by atoms with Crippen LogP contribution in [-0.4, -0.2) is 18.2 Å². The largest absolute Gasteiger partial charge is 0.497 e. The van der Waals surface area contributed by atoms with Gasteiger partial charge in [0.1, 0.15) is 5.75 Å². The lowest BCUT2D eigenvalue weighted by Crippen LogP contribution is -2.12. The Kier molecular flexibility index (Phi) is 4.25. The van der Waals surface area contributed by atoms with Crippen molar-refractivity contribution in [3.05, 3.63) is 65.9 Å². The monoisotopic (exact) mass is 319 g/mol. The van der Waals surface area contributed by atoms with Gasteiger partial charge in [-0.3, -0.25) is 4.79 Å². The van der Waals surface area contributed by atoms with Gasteiger partial charge in [-0.15, -0.1) is 0 Å². The first-order valence-electron chi connectivity index (χ1n) is 7.12. The summed E-state index contributed by atoms with van der Waals surface area (Å²) in [7, 11) is 1.58. The minimum Gasteiger partial charge on any atom is -0.497 e. The van der Waals surface area contributed by atoms with Gasteiger partial charge in [-0.1, -0.05) is 17.3 Å². The molecule has 1 heterocycles. The number of benzene rings is 2. The molecule has 0 fully saturated rings. The van der Waals surface area contributed by atoms with Crippen molar-refractivity contribution >= 4 is 11.6 Å². The second kappa shape index (κ2) is 6.67. The molecule has 0 bridgehead atoms. The van der Waals surface area contributed by atoms with Crippen LogP contribution in [0.15, 0.2) is 59.1 Å². The highest BCUT2D eigenvalue weighted by atomic mass is 16.5. The molecule has 2 aromatic carbocycles. The van der Waals surface area contributed by atoms with Gasteiger partial charge in [0.15, 0.2) is 11.5 Å². The van der Waals surface area contributed by atoms with E-state index in [1.165, 1.54) is 0 Å². The lowest BCUT2D eigenvalue weighted by Gasteiger charge is -2.02.